The standard InChI is InChI=1S/C17H24Cl2N4O4S/c1-11(2)16(17(25)23-7-5-22(6-8-23)15(24)10-20)21-28(26,27)12-3-4-13(18)14(19)9-12/h3-4,9,11,16,21H,5-8,10,20H2,1-2H3. The minimum absolute atomic E-state index is 0.0706. The first-order chi connectivity index (χ1) is 13.1. The van der Waals surface area contributed by atoms with Crippen molar-refractivity contribution in [2.75, 3.05) is 32.7 Å². The first-order valence-electron chi connectivity index (χ1n) is 8.81. The number of halogens is 2. The molecule has 0 radical (unpaired) electrons. The van der Waals surface area contributed by atoms with Crippen LogP contribution >= 0.6 is 23.2 Å². The third kappa shape index (κ3) is 5.36. The molecule has 2 amide bonds. The molecule has 0 aliphatic carbocycles. The van der Waals surface area contributed by atoms with Crippen LogP contribution in [0.3, 0.4) is 0 Å². The fourth-order valence-electron chi connectivity index (χ4n) is 2.85. The number of carbonyl (C=O) groups is 2. The topological polar surface area (TPSA) is 113 Å². The Labute approximate surface area is 175 Å². The first kappa shape index (κ1) is 22.9. The summed E-state index contributed by atoms with van der Waals surface area (Å²) in [7, 11) is -3.98. The SMILES string of the molecule is CC(C)C(NS(=O)(=O)c1ccc(Cl)c(Cl)c1)C(=O)N1CCN(C(=O)CN)CC1. The van der Waals surface area contributed by atoms with E-state index in [0.717, 1.165) is 0 Å². The van der Waals surface area contributed by atoms with Gasteiger partial charge in [0.25, 0.3) is 0 Å². The van der Waals surface area contributed by atoms with E-state index >= 15 is 0 Å². The van der Waals surface area contributed by atoms with E-state index in [4.69, 9.17) is 28.9 Å². The molecule has 8 nitrogen and oxygen atoms in total. The summed E-state index contributed by atoms with van der Waals surface area (Å²) < 4.78 is 27.9. The van der Waals surface area contributed by atoms with Crippen molar-refractivity contribution in [2.24, 2.45) is 11.7 Å². The molecule has 1 heterocycles. The van der Waals surface area contributed by atoms with Crippen LogP contribution < -0.4 is 10.5 Å². The van der Waals surface area contributed by atoms with Gasteiger partial charge in [-0.1, -0.05) is 37.0 Å². The average Bonchev–Trinajstić information content (AvgIpc) is 2.67. The molecule has 1 saturated heterocycles. The zero-order chi connectivity index (χ0) is 21.1. The van der Waals surface area contributed by atoms with Crippen LogP contribution in [0, 0.1) is 5.92 Å². The molecular formula is C17H24Cl2N4O4S. The summed E-state index contributed by atoms with van der Waals surface area (Å²) in [5.74, 6) is -0.792. The van der Waals surface area contributed by atoms with Gasteiger partial charge in [-0.15, -0.1) is 0 Å². The molecule has 2 rings (SSSR count). The van der Waals surface area contributed by atoms with Crippen molar-refractivity contribution in [2.45, 2.75) is 24.8 Å². The maximum absolute atomic E-state index is 12.9. The van der Waals surface area contributed by atoms with E-state index in [-0.39, 0.29) is 39.2 Å². The Morgan fingerprint density at radius 3 is 2.18 bits per heavy atom. The van der Waals surface area contributed by atoms with Gasteiger partial charge in [0.05, 0.1) is 21.5 Å². The van der Waals surface area contributed by atoms with Crippen LogP contribution in [0.4, 0.5) is 0 Å². The third-order valence-corrected chi connectivity index (χ3v) is 6.71. The van der Waals surface area contributed by atoms with Gasteiger partial charge < -0.3 is 15.5 Å². The predicted molar refractivity (Wildman–Crippen MR) is 108 cm³/mol. The highest BCUT2D eigenvalue weighted by Crippen LogP contribution is 2.25. The molecule has 1 aliphatic rings. The van der Waals surface area contributed by atoms with Crippen LogP contribution in [0.1, 0.15) is 13.8 Å². The Kier molecular flexibility index (Phi) is 7.69. The van der Waals surface area contributed by atoms with Crippen LogP contribution in [0.5, 0.6) is 0 Å². The van der Waals surface area contributed by atoms with E-state index < -0.39 is 16.1 Å². The van der Waals surface area contributed by atoms with Crippen LogP contribution in [-0.4, -0.2) is 68.8 Å². The fraction of sp³-hybridized carbons (Fsp3) is 0.529. The summed E-state index contributed by atoms with van der Waals surface area (Å²) in [5.41, 5.74) is 5.36. The van der Waals surface area contributed by atoms with Crippen molar-refractivity contribution in [3.05, 3.63) is 28.2 Å². The normalized spacial score (nSPS) is 16.4. The lowest BCUT2D eigenvalue weighted by Crippen LogP contribution is -2.57. The molecule has 1 aromatic carbocycles. The Balaban J connectivity index is 2.13. The summed E-state index contributed by atoms with van der Waals surface area (Å²) >= 11 is 11.8. The second-order valence-electron chi connectivity index (χ2n) is 6.83. The number of nitrogens with zero attached hydrogens (tertiary/aromatic N) is 2. The van der Waals surface area contributed by atoms with E-state index in [1.807, 2.05) is 0 Å². The van der Waals surface area contributed by atoms with E-state index in [2.05, 4.69) is 4.72 Å². The lowest BCUT2D eigenvalue weighted by atomic mass is 10.0. The second-order valence-corrected chi connectivity index (χ2v) is 9.36. The third-order valence-electron chi connectivity index (χ3n) is 4.53. The molecule has 28 heavy (non-hydrogen) atoms. The number of sulfonamides is 1. The fourth-order valence-corrected chi connectivity index (χ4v) is 4.58. The lowest BCUT2D eigenvalue weighted by molar-refractivity contribution is -0.140. The number of benzene rings is 1. The largest absolute Gasteiger partial charge is 0.338 e. The molecular weight excluding hydrogens is 427 g/mol. The van der Waals surface area contributed by atoms with Gasteiger partial charge in [0.15, 0.2) is 0 Å². The van der Waals surface area contributed by atoms with E-state index in [1.54, 1.807) is 23.6 Å². The number of piperazine rings is 1. The monoisotopic (exact) mass is 450 g/mol. The molecule has 0 saturated carbocycles. The summed E-state index contributed by atoms with van der Waals surface area (Å²) in [6.45, 7) is 4.82. The quantitative estimate of drug-likeness (QED) is 0.668. The molecule has 1 unspecified atom stereocenters. The summed E-state index contributed by atoms with van der Waals surface area (Å²) in [6, 6.07) is 3.01. The number of amides is 2. The van der Waals surface area contributed by atoms with Gasteiger partial charge in [0.1, 0.15) is 6.04 Å². The Hall–Kier alpha value is -1.39. The molecule has 11 heteroatoms. The molecule has 1 aromatic rings. The van der Waals surface area contributed by atoms with Crippen molar-refractivity contribution < 1.29 is 18.0 Å². The number of hydrogen-bond donors (Lipinski definition) is 2. The van der Waals surface area contributed by atoms with Crippen LogP contribution in [0.15, 0.2) is 23.1 Å². The molecule has 0 spiro atoms. The van der Waals surface area contributed by atoms with Gasteiger partial charge in [-0.2, -0.15) is 4.72 Å². The highest BCUT2D eigenvalue weighted by atomic mass is 35.5. The number of rotatable bonds is 6. The van der Waals surface area contributed by atoms with Gasteiger partial charge in [-0.25, -0.2) is 8.42 Å². The predicted octanol–water partition coefficient (Wildman–Crippen LogP) is 0.926. The molecule has 1 aliphatic heterocycles. The van der Waals surface area contributed by atoms with Crippen LogP contribution in [0.2, 0.25) is 10.0 Å². The average molecular weight is 451 g/mol. The van der Waals surface area contributed by atoms with Crippen molar-refractivity contribution in [3.63, 3.8) is 0 Å². The summed E-state index contributed by atoms with van der Waals surface area (Å²) in [6.07, 6.45) is 0. The summed E-state index contributed by atoms with van der Waals surface area (Å²) in [5, 5.41) is 0.347. The smallest absolute Gasteiger partial charge is 0.241 e. The lowest BCUT2D eigenvalue weighted by Gasteiger charge is -2.37. The highest BCUT2D eigenvalue weighted by Gasteiger charge is 2.33. The van der Waals surface area contributed by atoms with Gasteiger partial charge in [-0.3, -0.25) is 9.59 Å². The molecule has 0 aromatic heterocycles. The molecule has 3 N–H and O–H groups in total. The van der Waals surface area contributed by atoms with Crippen LogP contribution in [-0.2, 0) is 19.6 Å². The number of nitrogens with two attached hydrogens (primary N) is 1. The molecule has 1 fully saturated rings. The number of hydrogen-bond acceptors (Lipinski definition) is 5. The molecule has 1 atom stereocenters. The molecule has 156 valence electrons. The summed E-state index contributed by atoms with van der Waals surface area (Å²) in [4.78, 5) is 27.7. The van der Waals surface area contributed by atoms with Crippen molar-refractivity contribution >= 4 is 45.0 Å². The van der Waals surface area contributed by atoms with Gasteiger partial charge in [0, 0.05) is 26.2 Å². The first-order valence-corrected chi connectivity index (χ1v) is 11.0. The maximum Gasteiger partial charge on any atom is 0.241 e. The Bertz CT molecular complexity index is 840. The molecule has 0 bridgehead atoms. The zero-order valence-electron chi connectivity index (χ0n) is 15.7. The van der Waals surface area contributed by atoms with Gasteiger partial charge in [-0.05, 0) is 24.1 Å². The van der Waals surface area contributed by atoms with Gasteiger partial charge in [0.2, 0.25) is 21.8 Å². The number of carbonyl (C=O) groups excluding carboxylic acids is 2. The van der Waals surface area contributed by atoms with Crippen LogP contribution in [0.25, 0.3) is 0 Å². The Morgan fingerprint density at radius 2 is 1.68 bits per heavy atom. The van der Waals surface area contributed by atoms with E-state index in [1.165, 1.54) is 18.2 Å². The highest BCUT2D eigenvalue weighted by molar-refractivity contribution is 7.89. The minimum Gasteiger partial charge on any atom is -0.338 e. The van der Waals surface area contributed by atoms with Crippen molar-refractivity contribution in [1.29, 1.82) is 0 Å². The van der Waals surface area contributed by atoms with Crippen molar-refractivity contribution in [1.82, 2.24) is 14.5 Å². The second kappa shape index (κ2) is 9.41. The minimum atomic E-state index is -3.98. The Morgan fingerprint density at radius 1 is 1.11 bits per heavy atom. The van der Waals surface area contributed by atoms with Gasteiger partial charge >= 0.3 is 0 Å². The number of nitrogens with one attached hydrogen (secondary N) is 1. The maximum atomic E-state index is 12.9. The van der Waals surface area contributed by atoms with E-state index in [0.29, 0.717) is 26.2 Å². The van der Waals surface area contributed by atoms with Crippen molar-refractivity contribution in [3.8, 4) is 0 Å². The van der Waals surface area contributed by atoms with E-state index in [9.17, 15) is 18.0 Å². The zero-order valence-corrected chi connectivity index (χ0v) is 18.0.